The van der Waals surface area contributed by atoms with Gasteiger partial charge in [-0.25, -0.2) is 0 Å². The SMILES string of the molecule is Cc1ccc(-n2c(=O)c(=Cc3ccccc3Br)s/c2=C(/C#N)C(N)=O)c(C)c1. The quantitative estimate of drug-likeness (QED) is 0.659. The summed E-state index contributed by atoms with van der Waals surface area (Å²) in [6, 6.07) is 15.0. The van der Waals surface area contributed by atoms with Gasteiger partial charge in [0.15, 0.2) is 5.57 Å². The van der Waals surface area contributed by atoms with E-state index in [1.165, 1.54) is 4.57 Å². The van der Waals surface area contributed by atoms with Gasteiger partial charge in [0.05, 0.1) is 10.2 Å². The average molecular weight is 454 g/mol. The number of halogens is 1. The molecule has 7 heteroatoms. The summed E-state index contributed by atoms with van der Waals surface area (Å²) < 4.78 is 2.86. The van der Waals surface area contributed by atoms with Crippen LogP contribution in [0.5, 0.6) is 0 Å². The maximum Gasteiger partial charge on any atom is 0.273 e. The van der Waals surface area contributed by atoms with Crippen molar-refractivity contribution in [2.45, 2.75) is 13.8 Å². The third-order valence-corrected chi connectivity index (χ3v) is 6.00. The van der Waals surface area contributed by atoms with Crippen molar-refractivity contribution in [1.82, 2.24) is 4.57 Å². The highest BCUT2D eigenvalue weighted by molar-refractivity contribution is 9.10. The Kier molecular flexibility index (Phi) is 5.63. The molecule has 2 N–H and O–H groups in total. The van der Waals surface area contributed by atoms with Gasteiger partial charge in [0.25, 0.3) is 11.5 Å². The van der Waals surface area contributed by atoms with Crippen LogP contribution in [0.25, 0.3) is 17.3 Å². The third-order valence-electron chi connectivity index (χ3n) is 4.18. The first-order valence-electron chi connectivity index (χ1n) is 8.33. The standard InChI is InChI=1S/C21H16BrN3O2S/c1-12-7-8-17(13(2)9-12)25-20(27)18(10-14-5-3-4-6-16(14)22)28-21(25)15(11-23)19(24)26/h3-10H,1-2H3,(H2,24,26)/b18-10?,21-15-. The number of thiazole rings is 1. The number of carbonyl (C=O) groups excluding carboxylic acids is 1. The van der Waals surface area contributed by atoms with Crippen LogP contribution in [-0.4, -0.2) is 10.5 Å². The van der Waals surface area contributed by atoms with E-state index in [4.69, 9.17) is 5.73 Å². The molecule has 0 fully saturated rings. The van der Waals surface area contributed by atoms with Crippen LogP contribution >= 0.6 is 27.3 Å². The predicted octanol–water partition coefficient (Wildman–Crippen LogP) is 2.27. The van der Waals surface area contributed by atoms with E-state index in [2.05, 4.69) is 15.9 Å². The molecule has 0 saturated heterocycles. The fourth-order valence-electron chi connectivity index (χ4n) is 2.87. The van der Waals surface area contributed by atoms with E-state index in [0.29, 0.717) is 10.2 Å². The van der Waals surface area contributed by atoms with Crippen molar-refractivity contribution >= 4 is 44.8 Å². The third kappa shape index (κ3) is 3.70. The number of hydrogen-bond donors (Lipinski definition) is 1. The summed E-state index contributed by atoms with van der Waals surface area (Å²) in [4.78, 5) is 25.1. The number of rotatable bonds is 3. The molecule has 0 radical (unpaired) electrons. The highest BCUT2D eigenvalue weighted by Crippen LogP contribution is 2.16. The summed E-state index contributed by atoms with van der Waals surface area (Å²) in [6.45, 7) is 3.83. The average Bonchev–Trinajstić information content (AvgIpc) is 2.94. The van der Waals surface area contributed by atoms with E-state index in [-0.39, 0.29) is 15.8 Å². The predicted molar refractivity (Wildman–Crippen MR) is 115 cm³/mol. The lowest BCUT2D eigenvalue weighted by Gasteiger charge is -2.08. The molecule has 0 unspecified atom stereocenters. The van der Waals surface area contributed by atoms with Crippen LogP contribution in [0.15, 0.2) is 51.7 Å². The molecular weight excluding hydrogens is 438 g/mol. The van der Waals surface area contributed by atoms with Gasteiger partial charge in [-0.1, -0.05) is 51.8 Å². The second-order valence-electron chi connectivity index (χ2n) is 6.22. The molecule has 28 heavy (non-hydrogen) atoms. The van der Waals surface area contributed by atoms with E-state index in [1.54, 1.807) is 12.1 Å². The Morgan fingerprint density at radius 1 is 1.25 bits per heavy atom. The number of nitrogens with two attached hydrogens (primary N) is 1. The van der Waals surface area contributed by atoms with E-state index < -0.39 is 5.91 Å². The molecule has 3 aromatic rings. The largest absolute Gasteiger partial charge is 0.365 e. The number of primary amides is 1. The molecule has 140 valence electrons. The molecule has 0 spiro atoms. The summed E-state index contributed by atoms with van der Waals surface area (Å²) in [5.74, 6) is -0.866. The van der Waals surface area contributed by atoms with Crippen molar-refractivity contribution in [2.24, 2.45) is 5.73 Å². The summed E-state index contributed by atoms with van der Waals surface area (Å²) in [5, 5.41) is 9.45. The number of aryl methyl sites for hydroxylation is 2. The highest BCUT2D eigenvalue weighted by atomic mass is 79.9. The fourth-order valence-corrected chi connectivity index (χ4v) is 4.36. The normalized spacial score (nSPS) is 12.6. The molecule has 0 atom stereocenters. The first-order valence-corrected chi connectivity index (χ1v) is 9.94. The van der Waals surface area contributed by atoms with Crippen molar-refractivity contribution in [3.05, 3.63) is 83.2 Å². The minimum absolute atomic E-state index is 0.227. The molecule has 0 aliphatic rings. The molecule has 3 rings (SSSR count). The van der Waals surface area contributed by atoms with Crippen molar-refractivity contribution in [3.63, 3.8) is 0 Å². The summed E-state index contributed by atoms with van der Waals surface area (Å²) >= 11 is 4.54. The molecule has 1 aromatic heterocycles. The summed E-state index contributed by atoms with van der Waals surface area (Å²) in [7, 11) is 0. The van der Waals surface area contributed by atoms with Crippen molar-refractivity contribution in [3.8, 4) is 11.8 Å². The molecular formula is C21H16BrN3O2S. The zero-order chi connectivity index (χ0) is 20.4. The molecule has 1 amide bonds. The number of hydrogen-bond acceptors (Lipinski definition) is 4. The second-order valence-corrected chi connectivity index (χ2v) is 8.10. The van der Waals surface area contributed by atoms with Crippen LogP contribution in [0.3, 0.4) is 0 Å². The van der Waals surface area contributed by atoms with Crippen LogP contribution in [0.2, 0.25) is 0 Å². The Bertz CT molecular complexity index is 1310. The minimum Gasteiger partial charge on any atom is -0.365 e. The number of nitriles is 1. The van der Waals surface area contributed by atoms with Gasteiger partial charge in [-0.15, -0.1) is 11.3 Å². The molecule has 0 saturated carbocycles. The van der Waals surface area contributed by atoms with Gasteiger partial charge in [0, 0.05) is 4.47 Å². The van der Waals surface area contributed by atoms with Crippen LogP contribution in [0.4, 0.5) is 0 Å². The molecule has 5 nitrogen and oxygen atoms in total. The van der Waals surface area contributed by atoms with Gasteiger partial charge < -0.3 is 5.73 Å². The van der Waals surface area contributed by atoms with Crippen molar-refractivity contribution in [1.29, 1.82) is 5.26 Å². The van der Waals surface area contributed by atoms with Crippen LogP contribution in [0, 0.1) is 25.2 Å². The summed E-state index contributed by atoms with van der Waals surface area (Å²) in [6.07, 6.45) is 1.73. The first kappa shape index (κ1) is 19.8. The smallest absolute Gasteiger partial charge is 0.273 e. The topological polar surface area (TPSA) is 88.9 Å². The number of benzene rings is 2. The van der Waals surface area contributed by atoms with Crippen molar-refractivity contribution in [2.75, 3.05) is 0 Å². The lowest BCUT2D eigenvalue weighted by atomic mass is 10.1. The van der Waals surface area contributed by atoms with E-state index in [0.717, 1.165) is 32.5 Å². The maximum atomic E-state index is 13.2. The Labute approximate surface area is 173 Å². The van der Waals surface area contributed by atoms with Gasteiger partial charge in [-0.3, -0.25) is 14.2 Å². The van der Waals surface area contributed by atoms with E-state index in [1.807, 2.05) is 56.3 Å². The fraction of sp³-hybridized carbons (Fsp3) is 0.0952. The highest BCUT2D eigenvalue weighted by Gasteiger charge is 2.16. The molecule has 2 aromatic carbocycles. The minimum atomic E-state index is -0.866. The number of nitrogens with zero attached hydrogens (tertiary/aromatic N) is 2. The Hall–Kier alpha value is -2.95. The Balaban J connectivity index is 2.48. The molecule has 0 bridgehead atoms. The van der Waals surface area contributed by atoms with Crippen LogP contribution in [0.1, 0.15) is 16.7 Å². The molecule has 0 aliphatic carbocycles. The summed E-state index contributed by atoms with van der Waals surface area (Å²) in [5.41, 5.74) is 8.18. The van der Waals surface area contributed by atoms with Gasteiger partial charge in [-0.05, 0) is 43.2 Å². The number of amides is 1. The molecule has 0 aliphatic heterocycles. The zero-order valence-corrected chi connectivity index (χ0v) is 17.6. The van der Waals surface area contributed by atoms with Gasteiger partial charge in [0.2, 0.25) is 0 Å². The lowest BCUT2D eigenvalue weighted by molar-refractivity contribution is -0.112. The number of carbonyl (C=O) groups is 1. The maximum absolute atomic E-state index is 13.2. The second kappa shape index (κ2) is 7.97. The van der Waals surface area contributed by atoms with Crippen LogP contribution in [-0.2, 0) is 4.79 Å². The Morgan fingerprint density at radius 3 is 2.57 bits per heavy atom. The van der Waals surface area contributed by atoms with E-state index >= 15 is 0 Å². The Morgan fingerprint density at radius 2 is 1.96 bits per heavy atom. The zero-order valence-electron chi connectivity index (χ0n) is 15.2. The first-order chi connectivity index (χ1) is 13.3. The monoisotopic (exact) mass is 453 g/mol. The number of aromatic nitrogens is 1. The van der Waals surface area contributed by atoms with E-state index in [9.17, 15) is 14.9 Å². The van der Waals surface area contributed by atoms with Crippen molar-refractivity contribution < 1.29 is 4.79 Å². The lowest BCUT2D eigenvalue weighted by Crippen LogP contribution is -2.32. The van der Waals surface area contributed by atoms with Gasteiger partial charge in [0.1, 0.15) is 10.7 Å². The van der Waals surface area contributed by atoms with Gasteiger partial charge >= 0.3 is 0 Å². The molecule has 1 heterocycles. The van der Waals surface area contributed by atoms with Gasteiger partial charge in [-0.2, -0.15) is 5.26 Å². The van der Waals surface area contributed by atoms with Crippen LogP contribution < -0.4 is 20.5 Å².